The SMILES string of the molecule is CCCCCCC(C)Oc1nc(Cl)nc(-n2cncn2)n1. The van der Waals surface area contributed by atoms with E-state index in [0.29, 0.717) is 5.95 Å². The van der Waals surface area contributed by atoms with E-state index in [0.717, 1.165) is 12.8 Å². The van der Waals surface area contributed by atoms with Crippen LogP contribution in [0.25, 0.3) is 5.95 Å². The van der Waals surface area contributed by atoms with Crippen LogP contribution >= 0.6 is 11.6 Å². The lowest BCUT2D eigenvalue weighted by Crippen LogP contribution is -2.15. The fourth-order valence-corrected chi connectivity index (χ4v) is 2.03. The van der Waals surface area contributed by atoms with Crippen molar-refractivity contribution in [1.82, 2.24) is 29.7 Å². The standard InChI is InChI=1S/C13H19ClN6O/c1-3-4-5-6-7-10(2)21-13-18-11(14)17-12(19-13)20-9-15-8-16-20/h8-10H,3-7H2,1-2H3. The fraction of sp³-hybridized carbons (Fsp3) is 0.615. The zero-order chi connectivity index (χ0) is 15.1. The van der Waals surface area contributed by atoms with E-state index < -0.39 is 0 Å². The predicted octanol–water partition coefficient (Wildman–Crippen LogP) is 2.84. The summed E-state index contributed by atoms with van der Waals surface area (Å²) in [6.07, 6.45) is 8.69. The second kappa shape index (κ2) is 7.87. The van der Waals surface area contributed by atoms with Gasteiger partial charge in [0.05, 0.1) is 6.10 Å². The van der Waals surface area contributed by atoms with Crippen LogP contribution in [0.3, 0.4) is 0 Å². The number of ether oxygens (including phenoxy) is 1. The molecule has 0 spiro atoms. The van der Waals surface area contributed by atoms with Crippen LogP contribution in [0.15, 0.2) is 12.7 Å². The van der Waals surface area contributed by atoms with Crippen LogP contribution in [0.2, 0.25) is 5.28 Å². The number of hydrogen-bond donors (Lipinski definition) is 0. The zero-order valence-electron chi connectivity index (χ0n) is 12.2. The molecule has 7 nitrogen and oxygen atoms in total. The molecule has 1 atom stereocenters. The lowest BCUT2D eigenvalue weighted by molar-refractivity contribution is 0.188. The van der Waals surface area contributed by atoms with Crippen molar-refractivity contribution in [3.8, 4) is 12.0 Å². The maximum absolute atomic E-state index is 5.89. The van der Waals surface area contributed by atoms with Crippen molar-refractivity contribution >= 4 is 11.6 Å². The second-order valence-corrected chi connectivity index (χ2v) is 5.14. The van der Waals surface area contributed by atoms with Crippen molar-refractivity contribution in [1.29, 1.82) is 0 Å². The molecule has 0 aromatic carbocycles. The van der Waals surface area contributed by atoms with E-state index in [2.05, 4.69) is 32.0 Å². The molecule has 21 heavy (non-hydrogen) atoms. The van der Waals surface area contributed by atoms with Crippen LogP contribution < -0.4 is 4.74 Å². The Morgan fingerprint density at radius 2 is 2.10 bits per heavy atom. The fourth-order valence-electron chi connectivity index (χ4n) is 1.89. The molecule has 8 heteroatoms. The van der Waals surface area contributed by atoms with Crippen molar-refractivity contribution in [2.45, 2.75) is 52.1 Å². The molecule has 0 aliphatic rings. The summed E-state index contributed by atoms with van der Waals surface area (Å²) in [5.74, 6) is 0.292. The van der Waals surface area contributed by atoms with Gasteiger partial charge in [-0.1, -0.05) is 26.2 Å². The molecule has 0 N–H and O–H groups in total. The van der Waals surface area contributed by atoms with Gasteiger partial charge in [-0.25, -0.2) is 4.98 Å². The van der Waals surface area contributed by atoms with Crippen molar-refractivity contribution in [2.75, 3.05) is 0 Å². The number of nitrogens with zero attached hydrogens (tertiary/aromatic N) is 6. The van der Waals surface area contributed by atoms with Crippen LogP contribution in [0.5, 0.6) is 6.01 Å². The van der Waals surface area contributed by atoms with E-state index in [1.165, 1.54) is 36.6 Å². The molecule has 0 fully saturated rings. The lowest BCUT2D eigenvalue weighted by Gasteiger charge is -2.13. The van der Waals surface area contributed by atoms with Crippen LogP contribution in [-0.4, -0.2) is 35.8 Å². The average Bonchev–Trinajstić information content (AvgIpc) is 2.97. The first-order valence-corrected chi connectivity index (χ1v) is 7.50. The van der Waals surface area contributed by atoms with Crippen LogP contribution in [0.1, 0.15) is 46.0 Å². The molecule has 2 aromatic rings. The number of unbranched alkanes of at least 4 members (excludes halogenated alkanes) is 3. The van der Waals surface area contributed by atoms with E-state index in [4.69, 9.17) is 16.3 Å². The molecular weight excluding hydrogens is 292 g/mol. The van der Waals surface area contributed by atoms with Crippen molar-refractivity contribution in [3.63, 3.8) is 0 Å². The van der Waals surface area contributed by atoms with E-state index in [1.54, 1.807) is 0 Å². The highest BCUT2D eigenvalue weighted by atomic mass is 35.5. The molecule has 0 aliphatic carbocycles. The zero-order valence-corrected chi connectivity index (χ0v) is 13.0. The summed E-state index contributed by atoms with van der Waals surface area (Å²) < 4.78 is 7.11. The van der Waals surface area contributed by atoms with Crippen LogP contribution in [0.4, 0.5) is 0 Å². The molecule has 2 heterocycles. The van der Waals surface area contributed by atoms with Gasteiger partial charge in [0, 0.05) is 0 Å². The number of hydrogen-bond acceptors (Lipinski definition) is 6. The Labute approximate surface area is 128 Å². The van der Waals surface area contributed by atoms with E-state index >= 15 is 0 Å². The molecule has 0 radical (unpaired) electrons. The first-order valence-electron chi connectivity index (χ1n) is 7.12. The molecule has 0 bridgehead atoms. The van der Waals surface area contributed by atoms with Gasteiger partial charge in [-0.2, -0.15) is 24.7 Å². The monoisotopic (exact) mass is 310 g/mol. The molecule has 0 saturated carbocycles. The first-order chi connectivity index (χ1) is 10.2. The molecule has 2 rings (SSSR count). The highest BCUT2D eigenvalue weighted by molar-refractivity contribution is 6.28. The molecule has 0 saturated heterocycles. The highest BCUT2D eigenvalue weighted by Gasteiger charge is 2.11. The van der Waals surface area contributed by atoms with Gasteiger partial charge in [-0.15, -0.1) is 0 Å². The Kier molecular flexibility index (Phi) is 5.86. The average molecular weight is 311 g/mol. The largest absolute Gasteiger partial charge is 0.460 e. The summed E-state index contributed by atoms with van der Waals surface area (Å²) in [5, 5.41) is 4.03. The third-order valence-electron chi connectivity index (χ3n) is 2.97. The third-order valence-corrected chi connectivity index (χ3v) is 3.14. The summed E-state index contributed by atoms with van der Waals surface area (Å²) in [6, 6.07) is 0.212. The maximum Gasteiger partial charge on any atom is 0.322 e. The molecular formula is C13H19ClN6O. The molecule has 2 aromatic heterocycles. The topological polar surface area (TPSA) is 78.6 Å². The van der Waals surface area contributed by atoms with Gasteiger partial charge in [0.15, 0.2) is 0 Å². The minimum absolute atomic E-state index is 0.0314. The van der Waals surface area contributed by atoms with Gasteiger partial charge >= 0.3 is 6.01 Å². The molecule has 0 aliphatic heterocycles. The number of halogens is 1. The molecule has 114 valence electrons. The minimum Gasteiger partial charge on any atom is -0.460 e. The number of aromatic nitrogens is 6. The predicted molar refractivity (Wildman–Crippen MR) is 78.6 cm³/mol. The molecule has 0 amide bonds. The van der Waals surface area contributed by atoms with Gasteiger partial charge in [-0.3, -0.25) is 0 Å². The maximum atomic E-state index is 5.89. The Morgan fingerprint density at radius 1 is 1.24 bits per heavy atom. The van der Waals surface area contributed by atoms with Crippen molar-refractivity contribution in [2.24, 2.45) is 0 Å². The van der Waals surface area contributed by atoms with Gasteiger partial charge in [0.25, 0.3) is 5.95 Å². The Morgan fingerprint density at radius 3 is 2.81 bits per heavy atom. The normalized spacial score (nSPS) is 12.3. The minimum atomic E-state index is 0.0314. The Balaban J connectivity index is 1.97. The van der Waals surface area contributed by atoms with Gasteiger partial charge in [0.2, 0.25) is 5.28 Å². The van der Waals surface area contributed by atoms with E-state index in [1.807, 2.05) is 6.92 Å². The molecule has 1 unspecified atom stereocenters. The van der Waals surface area contributed by atoms with Gasteiger partial charge in [0.1, 0.15) is 12.7 Å². The Hall–Kier alpha value is -1.76. The quantitative estimate of drug-likeness (QED) is 0.698. The number of rotatable bonds is 8. The van der Waals surface area contributed by atoms with E-state index in [9.17, 15) is 0 Å². The summed E-state index contributed by atoms with van der Waals surface area (Å²) in [7, 11) is 0. The first kappa shape index (κ1) is 15.6. The highest BCUT2D eigenvalue weighted by Crippen LogP contribution is 2.14. The van der Waals surface area contributed by atoms with Crippen molar-refractivity contribution in [3.05, 3.63) is 17.9 Å². The summed E-state index contributed by atoms with van der Waals surface area (Å²) >= 11 is 5.89. The van der Waals surface area contributed by atoms with Crippen LogP contribution in [-0.2, 0) is 0 Å². The summed E-state index contributed by atoms with van der Waals surface area (Å²) in [4.78, 5) is 16.0. The van der Waals surface area contributed by atoms with Crippen molar-refractivity contribution < 1.29 is 4.74 Å². The smallest absolute Gasteiger partial charge is 0.322 e. The van der Waals surface area contributed by atoms with Gasteiger partial charge in [-0.05, 0) is 31.4 Å². The van der Waals surface area contributed by atoms with E-state index in [-0.39, 0.29) is 17.4 Å². The summed E-state index contributed by atoms with van der Waals surface area (Å²) in [5.41, 5.74) is 0. The third kappa shape index (κ3) is 4.93. The summed E-state index contributed by atoms with van der Waals surface area (Å²) in [6.45, 7) is 4.19. The lowest BCUT2D eigenvalue weighted by atomic mass is 10.1. The Bertz CT molecular complexity index is 548. The van der Waals surface area contributed by atoms with Crippen LogP contribution in [0, 0.1) is 0 Å². The van der Waals surface area contributed by atoms with Gasteiger partial charge < -0.3 is 4.74 Å². The second-order valence-electron chi connectivity index (χ2n) is 4.80.